The molecule has 0 aliphatic carbocycles. The second-order valence-corrected chi connectivity index (χ2v) is 4.15. The van der Waals surface area contributed by atoms with E-state index >= 15 is 0 Å². The summed E-state index contributed by atoms with van der Waals surface area (Å²) in [5.74, 6) is 6.28. The average Bonchev–Trinajstić information content (AvgIpc) is 2.28. The van der Waals surface area contributed by atoms with Crippen LogP contribution in [0, 0.1) is 25.7 Å². The molecule has 0 saturated heterocycles. The lowest BCUT2D eigenvalue weighted by atomic mass is 10.0. The highest BCUT2D eigenvalue weighted by atomic mass is 14.0. The van der Waals surface area contributed by atoms with Gasteiger partial charge in [-0.1, -0.05) is 37.0 Å². The second kappa shape index (κ2) is 4.41. The van der Waals surface area contributed by atoms with Gasteiger partial charge in [-0.15, -0.1) is 0 Å². The smallest absolute Gasteiger partial charge is 0.0251 e. The minimum absolute atomic E-state index is 0.908. The summed E-state index contributed by atoms with van der Waals surface area (Å²) in [5.41, 5.74) is 3.80. The fourth-order valence-electron chi connectivity index (χ4n) is 1.79. The maximum Gasteiger partial charge on any atom is 0.0251 e. The van der Waals surface area contributed by atoms with Crippen LogP contribution in [0.4, 0.5) is 0 Å². The highest BCUT2D eigenvalue weighted by Crippen LogP contribution is 2.20. The molecule has 16 heavy (non-hydrogen) atoms. The zero-order valence-electron chi connectivity index (χ0n) is 10.1. The van der Waals surface area contributed by atoms with E-state index in [0.717, 1.165) is 12.0 Å². The van der Waals surface area contributed by atoms with Crippen LogP contribution in [0.2, 0.25) is 0 Å². The molecular formula is C16H16. The molecule has 80 valence electrons. The van der Waals surface area contributed by atoms with Gasteiger partial charge in [-0.05, 0) is 47.9 Å². The van der Waals surface area contributed by atoms with Crippen LogP contribution in [0.25, 0.3) is 10.8 Å². The third-order valence-electron chi connectivity index (χ3n) is 2.86. The molecule has 0 nitrogen and oxygen atoms in total. The lowest BCUT2D eigenvalue weighted by Gasteiger charge is -2.04. The van der Waals surface area contributed by atoms with E-state index in [-0.39, 0.29) is 0 Å². The van der Waals surface area contributed by atoms with Crippen molar-refractivity contribution in [3.05, 3.63) is 47.0 Å². The molecule has 0 heteroatoms. The van der Waals surface area contributed by atoms with Crippen LogP contribution in [0.3, 0.4) is 0 Å². The van der Waals surface area contributed by atoms with Crippen molar-refractivity contribution in [1.29, 1.82) is 0 Å². The van der Waals surface area contributed by atoms with Crippen molar-refractivity contribution >= 4 is 10.8 Å². The van der Waals surface area contributed by atoms with Crippen LogP contribution in [0.5, 0.6) is 0 Å². The topological polar surface area (TPSA) is 0 Å². The molecule has 0 radical (unpaired) electrons. The zero-order valence-corrected chi connectivity index (χ0v) is 10.1. The Hall–Kier alpha value is -1.74. The first kappa shape index (κ1) is 10.8. The van der Waals surface area contributed by atoms with Crippen LogP contribution in [0.15, 0.2) is 30.3 Å². The molecule has 2 aromatic carbocycles. The molecule has 0 aromatic heterocycles. The van der Waals surface area contributed by atoms with Crippen LogP contribution in [0.1, 0.15) is 30.0 Å². The van der Waals surface area contributed by atoms with Gasteiger partial charge in [-0.25, -0.2) is 0 Å². The highest BCUT2D eigenvalue weighted by Gasteiger charge is 1.98. The van der Waals surface area contributed by atoms with Crippen molar-refractivity contribution in [1.82, 2.24) is 0 Å². The van der Waals surface area contributed by atoms with E-state index in [4.69, 9.17) is 0 Å². The van der Waals surface area contributed by atoms with Crippen molar-refractivity contribution in [3.8, 4) is 11.8 Å². The van der Waals surface area contributed by atoms with Crippen LogP contribution >= 0.6 is 0 Å². The van der Waals surface area contributed by atoms with Gasteiger partial charge in [0.15, 0.2) is 0 Å². The van der Waals surface area contributed by atoms with Gasteiger partial charge in [0.1, 0.15) is 0 Å². The summed E-state index contributed by atoms with van der Waals surface area (Å²) in [6, 6.07) is 10.9. The number of aryl methyl sites for hydroxylation is 2. The summed E-state index contributed by atoms with van der Waals surface area (Å²) in [4.78, 5) is 0. The highest BCUT2D eigenvalue weighted by molar-refractivity contribution is 5.85. The molecule has 0 fully saturated rings. The van der Waals surface area contributed by atoms with Crippen molar-refractivity contribution in [3.63, 3.8) is 0 Å². The first-order valence-corrected chi connectivity index (χ1v) is 5.70. The first-order chi connectivity index (χ1) is 7.70. The Kier molecular flexibility index (Phi) is 2.97. The predicted octanol–water partition coefficient (Wildman–Crippen LogP) is 4.22. The maximum absolute atomic E-state index is 3.17. The van der Waals surface area contributed by atoms with E-state index in [2.05, 4.69) is 62.9 Å². The number of rotatable bonds is 0. The Labute approximate surface area is 97.3 Å². The van der Waals surface area contributed by atoms with E-state index in [1.165, 1.54) is 21.9 Å². The fourth-order valence-corrected chi connectivity index (χ4v) is 1.79. The molecule has 0 aliphatic heterocycles. The molecule has 0 unspecified atom stereocenters. The van der Waals surface area contributed by atoms with Crippen LogP contribution in [-0.2, 0) is 0 Å². The largest absolute Gasteiger partial charge is 0.0982 e. The quantitative estimate of drug-likeness (QED) is 0.569. The van der Waals surface area contributed by atoms with Crippen molar-refractivity contribution in [2.24, 2.45) is 0 Å². The van der Waals surface area contributed by atoms with Crippen LogP contribution < -0.4 is 0 Å². The van der Waals surface area contributed by atoms with Crippen molar-refractivity contribution in [2.75, 3.05) is 0 Å². The SMILES string of the molecule is CCC#Cc1ccc2cc(C)c(C)cc2c1. The van der Waals surface area contributed by atoms with E-state index in [1.54, 1.807) is 0 Å². The normalized spacial score (nSPS) is 9.94. The third kappa shape index (κ3) is 2.09. The minimum Gasteiger partial charge on any atom is -0.0982 e. The Balaban J connectivity index is 2.57. The number of hydrogen-bond donors (Lipinski definition) is 0. The van der Waals surface area contributed by atoms with Gasteiger partial charge in [0.2, 0.25) is 0 Å². The Morgan fingerprint density at radius 1 is 0.938 bits per heavy atom. The maximum atomic E-state index is 3.17. The van der Waals surface area contributed by atoms with E-state index in [1.807, 2.05) is 0 Å². The summed E-state index contributed by atoms with van der Waals surface area (Å²) in [7, 11) is 0. The van der Waals surface area contributed by atoms with E-state index < -0.39 is 0 Å². The van der Waals surface area contributed by atoms with Crippen molar-refractivity contribution < 1.29 is 0 Å². The number of fused-ring (bicyclic) bond motifs is 1. The van der Waals surface area contributed by atoms with Gasteiger partial charge in [-0.2, -0.15) is 0 Å². The molecule has 0 aliphatic rings. The molecule has 0 saturated carbocycles. The van der Waals surface area contributed by atoms with Crippen molar-refractivity contribution in [2.45, 2.75) is 27.2 Å². The Bertz CT molecular complexity index is 580. The Morgan fingerprint density at radius 3 is 2.31 bits per heavy atom. The number of hydrogen-bond acceptors (Lipinski definition) is 0. The summed E-state index contributed by atoms with van der Waals surface area (Å²) in [6.45, 7) is 6.38. The van der Waals surface area contributed by atoms with Crippen LogP contribution in [-0.4, -0.2) is 0 Å². The summed E-state index contributed by atoms with van der Waals surface area (Å²) >= 11 is 0. The van der Waals surface area contributed by atoms with Gasteiger partial charge in [-0.3, -0.25) is 0 Å². The molecule has 0 spiro atoms. The molecule has 0 amide bonds. The van der Waals surface area contributed by atoms with Gasteiger partial charge < -0.3 is 0 Å². The lowest BCUT2D eigenvalue weighted by Crippen LogP contribution is -1.83. The molecule has 0 atom stereocenters. The average molecular weight is 208 g/mol. The first-order valence-electron chi connectivity index (χ1n) is 5.70. The summed E-state index contributed by atoms with van der Waals surface area (Å²) in [6.07, 6.45) is 0.908. The third-order valence-corrected chi connectivity index (χ3v) is 2.86. The number of benzene rings is 2. The molecule has 0 N–H and O–H groups in total. The lowest BCUT2D eigenvalue weighted by molar-refractivity contribution is 1.28. The van der Waals surface area contributed by atoms with Gasteiger partial charge in [0, 0.05) is 12.0 Å². The predicted molar refractivity (Wildman–Crippen MR) is 70.6 cm³/mol. The standard InChI is InChI=1S/C16H16/c1-4-5-6-14-7-8-15-9-12(2)13(3)10-16(15)11-14/h7-11H,4H2,1-3H3. The van der Waals surface area contributed by atoms with E-state index in [0.29, 0.717) is 0 Å². The molecular weight excluding hydrogens is 192 g/mol. The van der Waals surface area contributed by atoms with Gasteiger partial charge in [0.25, 0.3) is 0 Å². The Morgan fingerprint density at radius 2 is 1.62 bits per heavy atom. The summed E-state index contributed by atoms with van der Waals surface area (Å²) in [5, 5.41) is 2.58. The minimum atomic E-state index is 0.908. The molecule has 0 heterocycles. The molecule has 0 bridgehead atoms. The second-order valence-electron chi connectivity index (χ2n) is 4.15. The van der Waals surface area contributed by atoms with Gasteiger partial charge >= 0.3 is 0 Å². The zero-order chi connectivity index (χ0) is 11.5. The molecule has 2 aromatic rings. The monoisotopic (exact) mass is 208 g/mol. The fraction of sp³-hybridized carbons (Fsp3) is 0.250. The van der Waals surface area contributed by atoms with Gasteiger partial charge in [0.05, 0.1) is 0 Å². The van der Waals surface area contributed by atoms with E-state index in [9.17, 15) is 0 Å². The molecule has 2 rings (SSSR count). The summed E-state index contributed by atoms with van der Waals surface area (Å²) < 4.78 is 0.